The smallest absolute Gasteiger partial charge is 0.0682 e. The molecule has 0 aromatic rings. The fraction of sp³-hybridized carbons (Fsp3) is 1.00. The molecule has 0 aliphatic heterocycles. The van der Waals surface area contributed by atoms with Gasteiger partial charge in [0.1, 0.15) is 0 Å². The average molecular weight is 137 g/mol. The molecule has 0 atom stereocenters. The quantitative estimate of drug-likeness (QED) is 0.528. The molecule has 50 valence electrons. The molecule has 0 radical (unpaired) electrons. The van der Waals surface area contributed by atoms with E-state index in [1.165, 1.54) is 19.3 Å². The van der Waals surface area contributed by atoms with E-state index in [9.17, 15) is 0 Å². The third-order valence-corrected chi connectivity index (χ3v) is 1.23. The molecule has 0 aliphatic rings. The van der Waals surface area contributed by atoms with E-state index in [2.05, 4.69) is 11.2 Å². The van der Waals surface area contributed by atoms with Crippen LogP contribution in [0.1, 0.15) is 32.6 Å². The Hall–Kier alpha value is 0.250. The molecule has 8 heavy (non-hydrogen) atoms. The summed E-state index contributed by atoms with van der Waals surface area (Å²) in [6, 6.07) is 0. The lowest BCUT2D eigenvalue weighted by atomic mass is 10.2. The van der Waals surface area contributed by atoms with Crippen LogP contribution >= 0.6 is 11.9 Å². The maximum atomic E-state index is 4.98. The van der Waals surface area contributed by atoms with Crippen LogP contribution in [0.25, 0.3) is 0 Å². The van der Waals surface area contributed by atoms with Gasteiger partial charge in [-0.2, -0.15) is 0 Å². The largest absolute Gasteiger partial charge is 0.279 e. The van der Waals surface area contributed by atoms with Crippen molar-refractivity contribution in [2.45, 2.75) is 32.6 Å². The zero-order valence-corrected chi connectivity index (χ0v) is 6.08. The molecule has 0 bridgehead atoms. The predicted molar refractivity (Wildman–Crippen MR) is 35.9 cm³/mol. The minimum atomic E-state index is 0.696. The van der Waals surface area contributed by atoms with E-state index in [1.54, 1.807) is 0 Å². The van der Waals surface area contributed by atoms with Gasteiger partial charge in [0.25, 0.3) is 0 Å². The third-order valence-electron chi connectivity index (χ3n) is 1.08. The maximum absolute atomic E-state index is 4.98. The second-order valence-electron chi connectivity index (χ2n) is 1.87. The van der Waals surface area contributed by atoms with Gasteiger partial charge in [0.2, 0.25) is 0 Å². The summed E-state index contributed by atoms with van der Waals surface area (Å²) in [5, 5.41) is 0. The SMILES string of the molecule is CCCCCCOCl. The van der Waals surface area contributed by atoms with Gasteiger partial charge in [-0.3, -0.25) is 4.29 Å². The van der Waals surface area contributed by atoms with Crippen LogP contribution in [0.4, 0.5) is 0 Å². The Kier molecular flexibility index (Phi) is 7.48. The van der Waals surface area contributed by atoms with Gasteiger partial charge in [-0.25, -0.2) is 0 Å². The molecule has 0 aliphatic carbocycles. The van der Waals surface area contributed by atoms with Crippen LogP contribution in [0.5, 0.6) is 0 Å². The van der Waals surface area contributed by atoms with E-state index >= 15 is 0 Å². The average Bonchev–Trinajstić information content (AvgIpc) is 1.81. The lowest BCUT2D eigenvalue weighted by molar-refractivity contribution is 0.336. The molecule has 0 fully saturated rings. The first-order chi connectivity index (χ1) is 3.91. The topological polar surface area (TPSA) is 9.23 Å². The van der Waals surface area contributed by atoms with Crippen LogP contribution < -0.4 is 0 Å². The zero-order valence-electron chi connectivity index (χ0n) is 5.32. The third kappa shape index (κ3) is 6.25. The summed E-state index contributed by atoms with van der Waals surface area (Å²) in [7, 11) is 0. The first kappa shape index (κ1) is 8.25. The van der Waals surface area contributed by atoms with Gasteiger partial charge in [-0.05, 0) is 6.42 Å². The Morgan fingerprint density at radius 1 is 1.25 bits per heavy atom. The van der Waals surface area contributed by atoms with Crippen molar-refractivity contribution >= 4 is 11.9 Å². The summed E-state index contributed by atoms with van der Waals surface area (Å²) in [5.74, 6) is 0. The highest BCUT2D eigenvalue weighted by atomic mass is 35.5. The van der Waals surface area contributed by atoms with Gasteiger partial charge in [-0.15, -0.1) is 0 Å². The molecule has 0 aromatic carbocycles. The van der Waals surface area contributed by atoms with Gasteiger partial charge in [0.15, 0.2) is 0 Å². The minimum absolute atomic E-state index is 0.696. The van der Waals surface area contributed by atoms with Crippen LogP contribution in [-0.2, 0) is 4.29 Å². The Labute approximate surface area is 56.2 Å². The van der Waals surface area contributed by atoms with Gasteiger partial charge < -0.3 is 0 Å². The summed E-state index contributed by atoms with van der Waals surface area (Å²) in [5.41, 5.74) is 0. The summed E-state index contributed by atoms with van der Waals surface area (Å²) in [6.45, 7) is 2.88. The van der Waals surface area contributed by atoms with Crippen molar-refractivity contribution in [1.82, 2.24) is 0 Å². The second-order valence-corrected chi connectivity index (χ2v) is 2.09. The fourth-order valence-corrected chi connectivity index (χ4v) is 0.693. The Balaban J connectivity index is 2.53. The van der Waals surface area contributed by atoms with Gasteiger partial charge in [0.05, 0.1) is 18.5 Å². The monoisotopic (exact) mass is 136 g/mol. The molecule has 2 heteroatoms. The second kappa shape index (κ2) is 7.25. The van der Waals surface area contributed by atoms with E-state index in [1.807, 2.05) is 0 Å². The molecule has 0 aromatic heterocycles. The molecule has 0 heterocycles. The highest BCUT2D eigenvalue weighted by Crippen LogP contribution is 1.98. The molecular weight excluding hydrogens is 124 g/mol. The molecule has 0 saturated heterocycles. The first-order valence-corrected chi connectivity index (χ1v) is 3.46. The number of halogens is 1. The van der Waals surface area contributed by atoms with Crippen LogP contribution in [0.15, 0.2) is 0 Å². The molecule has 1 nitrogen and oxygen atoms in total. The predicted octanol–water partition coefficient (Wildman–Crippen LogP) is 2.74. The van der Waals surface area contributed by atoms with Crippen LogP contribution in [-0.4, -0.2) is 6.61 Å². The molecule has 0 rings (SSSR count). The number of hydrogen-bond donors (Lipinski definition) is 0. The van der Waals surface area contributed by atoms with Crippen molar-refractivity contribution in [3.05, 3.63) is 0 Å². The first-order valence-electron chi connectivity index (χ1n) is 3.15. The summed E-state index contributed by atoms with van der Waals surface area (Å²) in [4.78, 5) is 0. The minimum Gasteiger partial charge on any atom is -0.279 e. The fourth-order valence-electron chi connectivity index (χ4n) is 0.583. The summed E-state index contributed by atoms with van der Waals surface area (Å²) in [6.07, 6.45) is 4.89. The number of hydrogen-bond acceptors (Lipinski definition) is 1. The van der Waals surface area contributed by atoms with Gasteiger partial charge in [0, 0.05) is 0 Å². The Morgan fingerprint density at radius 2 is 2.00 bits per heavy atom. The van der Waals surface area contributed by atoms with E-state index in [4.69, 9.17) is 11.9 Å². The maximum Gasteiger partial charge on any atom is 0.0682 e. The van der Waals surface area contributed by atoms with Crippen molar-refractivity contribution in [2.24, 2.45) is 0 Å². The highest BCUT2D eigenvalue weighted by molar-refractivity contribution is 6.07. The van der Waals surface area contributed by atoms with E-state index in [0.29, 0.717) is 6.61 Å². The Bertz CT molecular complexity index is 33.5. The van der Waals surface area contributed by atoms with Crippen molar-refractivity contribution in [1.29, 1.82) is 0 Å². The van der Waals surface area contributed by atoms with Crippen LogP contribution in [0.3, 0.4) is 0 Å². The van der Waals surface area contributed by atoms with E-state index in [-0.39, 0.29) is 0 Å². The number of unbranched alkanes of at least 4 members (excludes halogenated alkanes) is 3. The Morgan fingerprint density at radius 3 is 2.50 bits per heavy atom. The van der Waals surface area contributed by atoms with Gasteiger partial charge in [-0.1, -0.05) is 26.2 Å². The molecular formula is C6H13ClO. The molecule has 0 amide bonds. The summed E-state index contributed by atoms with van der Waals surface area (Å²) < 4.78 is 4.36. The zero-order chi connectivity index (χ0) is 6.24. The normalized spacial score (nSPS) is 9.75. The molecule has 0 spiro atoms. The lowest BCUT2D eigenvalue weighted by Crippen LogP contribution is -1.82. The van der Waals surface area contributed by atoms with Crippen molar-refractivity contribution in [2.75, 3.05) is 6.61 Å². The standard InChI is InChI=1S/C6H13ClO/c1-2-3-4-5-6-8-7/h2-6H2,1H3. The summed E-state index contributed by atoms with van der Waals surface area (Å²) >= 11 is 4.98. The highest BCUT2D eigenvalue weighted by Gasteiger charge is 1.84. The van der Waals surface area contributed by atoms with Gasteiger partial charge >= 0.3 is 0 Å². The number of rotatable bonds is 5. The van der Waals surface area contributed by atoms with E-state index in [0.717, 1.165) is 6.42 Å². The van der Waals surface area contributed by atoms with E-state index < -0.39 is 0 Å². The molecule has 0 saturated carbocycles. The van der Waals surface area contributed by atoms with Crippen molar-refractivity contribution < 1.29 is 4.29 Å². The molecule has 0 N–H and O–H groups in total. The van der Waals surface area contributed by atoms with Crippen molar-refractivity contribution in [3.8, 4) is 0 Å². The van der Waals surface area contributed by atoms with Crippen LogP contribution in [0.2, 0.25) is 0 Å². The lowest BCUT2D eigenvalue weighted by Gasteiger charge is -1.93. The molecule has 0 unspecified atom stereocenters. The van der Waals surface area contributed by atoms with Crippen molar-refractivity contribution in [3.63, 3.8) is 0 Å². The van der Waals surface area contributed by atoms with Crippen LogP contribution in [0, 0.1) is 0 Å².